The van der Waals surface area contributed by atoms with Crippen LogP contribution >= 0.6 is 0 Å². The number of hydrogen-bond acceptors (Lipinski definition) is 5. The van der Waals surface area contributed by atoms with Gasteiger partial charge in [-0.25, -0.2) is 13.1 Å². The highest BCUT2D eigenvalue weighted by Crippen LogP contribution is 2.32. The number of hydrogen-bond donors (Lipinski definition) is 2. The van der Waals surface area contributed by atoms with E-state index in [1.807, 2.05) is 24.3 Å². The van der Waals surface area contributed by atoms with E-state index in [2.05, 4.69) is 4.72 Å². The van der Waals surface area contributed by atoms with Gasteiger partial charge in [0.15, 0.2) is 0 Å². The van der Waals surface area contributed by atoms with Crippen molar-refractivity contribution < 1.29 is 22.7 Å². The fourth-order valence-corrected chi connectivity index (χ4v) is 4.50. The van der Waals surface area contributed by atoms with Gasteiger partial charge in [0.1, 0.15) is 5.75 Å². The average molecular weight is 390 g/mol. The van der Waals surface area contributed by atoms with Crippen molar-refractivity contribution >= 4 is 15.9 Å². The summed E-state index contributed by atoms with van der Waals surface area (Å²) in [5.41, 5.74) is 6.98. The van der Waals surface area contributed by atoms with E-state index in [-0.39, 0.29) is 22.8 Å². The number of sulfonamides is 1. The largest absolute Gasteiger partial charge is 0.496 e. The Labute approximate surface area is 158 Å². The third-order valence-electron chi connectivity index (χ3n) is 4.91. The lowest BCUT2D eigenvalue weighted by atomic mass is 10.0. The number of fused-ring (bicyclic) bond motifs is 1. The SMILES string of the molecule is COc1ccc(S(=O)(=O)NCC2(OC)Cc3ccccc3C2)cc1C(N)=O. The Morgan fingerprint density at radius 2 is 1.78 bits per heavy atom. The predicted octanol–water partition coefficient (Wildman–Crippen LogP) is 1.26. The van der Waals surface area contributed by atoms with Crippen LogP contribution in [0.4, 0.5) is 0 Å². The summed E-state index contributed by atoms with van der Waals surface area (Å²) in [5, 5.41) is 0. The van der Waals surface area contributed by atoms with Gasteiger partial charge < -0.3 is 15.2 Å². The first-order chi connectivity index (χ1) is 12.8. The topological polar surface area (TPSA) is 108 Å². The van der Waals surface area contributed by atoms with Crippen molar-refractivity contribution in [1.82, 2.24) is 4.72 Å². The molecule has 144 valence electrons. The summed E-state index contributed by atoms with van der Waals surface area (Å²) >= 11 is 0. The summed E-state index contributed by atoms with van der Waals surface area (Å²) in [7, 11) is -0.892. The van der Waals surface area contributed by atoms with Gasteiger partial charge in [0, 0.05) is 26.5 Å². The van der Waals surface area contributed by atoms with Crippen LogP contribution in [0.15, 0.2) is 47.4 Å². The molecule has 0 aromatic heterocycles. The molecule has 0 saturated carbocycles. The molecule has 0 unspecified atom stereocenters. The van der Waals surface area contributed by atoms with Crippen LogP contribution in [0.25, 0.3) is 0 Å². The number of ether oxygens (including phenoxy) is 2. The summed E-state index contributed by atoms with van der Waals surface area (Å²) in [4.78, 5) is 11.5. The van der Waals surface area contributed by atoms with Gasteiger partial charge in [-0.1, -0.05) is 24.3 Å². The monoisotopic (exact) mass is 390 g/mol. The number of benzene rings is 2. The highest BCUT2D eigenvalue weighted by molar-refractivity contribution is 7.89. The molecule has 3 N–H and O–H groups in total. The predicted molar refractivity (Wildman–Crippen MR) is 100 cm³/mol. The van der Waals surface area contributed by atoms with Gasteiger partial charge in [0.25, 0.3) is 5.91 Å². The Balaban J connectivity index is 1.81. The van der Waals surface area contributed by atoms with Crippen LogP contribution in [0, 0.1) is 0 Å². The first-order valence-corrected chi connectivity index (χ1v) is 9.88. The van der Waals surface area contributed by atoms with Gasteiger partial charge in [0.2, 0.25) is 10.0 Å². The van der Waals surface area contributed by atoms with Crippen molar-refractivity contribution in [2.45, 2.75) is 23.3 Å². The summed E-state index contributed by atoms with van der Waals surface area (Å²) in [5.74, 6) is -0.537. The normalized spacial score (nSPS) is 15.3. The molecule has 0 heterocycles. The first-order valence-electron chi connectivity index (χ1n) is 8.40. The Bertz CT molecular complexity index is 947. The maximum absolute atomic E-state index is 12.7. The number of primary amides is 1. The van der Waals surface area contributed by atoms with Crippen LogP contribution in [0.5, 0.6) is 5.75 Å². The lowest BCUT2D eigenvalue weighted by Gasteiger charge is -2.27. The molecule has 2 aromatic carbocycles. The Hall–Kier alpha value is -2.42. The van der Waals surface area contributed by atoms with Crippen LogP contribution in [0.1, 0.15) is 21.5 Å². The molecule has 1 amide bonds. The molecule has 0 radical (unpaired) electrons. The van der Waals surface area contributed by atoms with Crippen molar-refractivity contribution in [1.29, 1.82) is 0 Å². The quantitative estimate of drug-likeness (QED) is 0.740. The molecule has 8 heteroatoms. The second-order valence-electron chi connectivity index (χ2n) is 6.56. The minimum Gasteiger partial charge on any atom is -0.496 e. The molecule has 0 spiro atoms. The van der Waals surface area contributed by atoms with Crippen molar-refractivity contribution in [2.75, 3.05) is 20.8 Å². The molecule has 3 rings (SSSR count). The van der Waals surface area contributed by atoms with Crippen molar-refractivity contribution in [3.05, 3.63) is 59.2 Å². The maximum atomic E-state index is 12.7. The van der Waals surface area contributed by atoms with Gasteiger partial charge in [-0.05, 0) is 29.3 Å². The Morgan fingerprint density at radius 3 is 2.30 bits per heavy atom. The number of amides is 1. The molecule has 2 aromatic rings. The number of carbonyl (C=O) groups excluding carboxylic acids is 1. The fourth-order valence-electron chi connectivity index (χ4n) is 3.36. The maximum Gasteiger partial charge on any atom is 0.252 e. The van der Waals surface area contributed by atoms with Crippen molar-refractivity contribution in [2.24, 2.45) is 5.73 Å². The molecule has 0 atom stereocenters. The lowest BCUT2D eigenvalue weighted by Crippen LogP contribution is -2.45. The molecule has 0 saturated heterocycles. The van der Waals surface area contributed by atoms with E-state index in [4.69, 9.17) is 15.2 Å². The molecule has 7 nitrogen and oxygen atoms in total. The molecule has 0 bridgehead atoms. The van der Waals surface area contributed by atoms with E-state index in [1.165, 1.54) is 25.3 Å². The number of methoxy groups -OCH3 is 2. The van der Waals surface area contributed by atoms with Crippen LogP contribution < -0.4 is 15.2 Å². The standard InChI is InChI=1S/C19H22N2O5S/c1-25-17-8-7-15(9-16(17)18(20)22)27(23,24)21-12-19(26-2)10-13-5-3-4-6-14(13)11-19/h3-9,21H,10-12H2,1-2H3,(H2,20,22). The van der Waals surface area contributed by atoms with E-state index in [0.717, 1.165) is 11.1 Å². The highest BCUT2D eigenvalue weighted by Gasteiger charge is 2.38. The molecule has 0 aliphatic heterocycles. The highest BCUT2D eigenvalue weighted by atomic mass is 32.2. The van der Waals surface area contributed by atoms with Crippen LogP contribution in [-0.2, 0) is 27.6 Å². The molecule has 1 aliphatic carbocycles. The minimum atomic E-state index is -3.86. The van der Waals surface area contributed by atoms with Gasteiger partial charge in [-0.3, -0.25) is 4.79 Å². The number of carbonyl (C=O) groups is 1. The molecule has 0 fully saturated rings. The van der Waals surface area contributed by atoms with Gasteiger partial charge in [-0.15, -0.1) is 0 Å². The Morgan fingerprint density at radius 1 is 1.15 bits per heavy atom. The number of nitrogens with two attached hydrogens (primary N) is 1. The van der Waals surface area contributed by atoms with E-state index < -0.39 is 21.5 Å². The van der Waals surface area contributed by atoms with Crippen molar-refractivity contribution in [3.63, 3.8) is 0 Å². The van der Waals surface area contributed by atoms with E-state index in [1.54, 1.807) is 7.11 Å². The third kappa shape index (κ3) is 3.83. The van der Waals surface area contributed by atoms with E-state index in [9.17, 15) is 13.2 Å². The summed E-state index contributed by atoms with van der Waals surface area (Å²) < 4.78 is 38.8. The zero-order valence-corrected chi connectivity index (χ0v) is 16.0. The summed E-state index contributed by atoms with van der Waals surface area (Å²) in [6.07, 6.45) is 1.24. The molecular weight excluding hydrogens is 368 g/mol. The van der Waals surface area contributed by atoms with Crippen LogP contribution in [0.2, 0.25) is 0 Å². The molecular formula is C19H22N2O5S. The smallest absolute Gasteiger partial charge is 0.252 e. The van der Waals surface area contributed by atoms with Crippen molar-refractivity contribution in [3.8, 4) is 5.75 Å². The number of nitrogens with one attached hydrogen (secondary N) is 1. The van der Waals surface area contributed by atoms with Gasteiger partial charge in [0.05, 0.1) is 23.2 Å². The fraction of sp³-hybridized carbons (Fsp3) is 0.316. The second kappa shape index (κ2) is 7.30. The average Bonchev–Trinajstić information content (AvgIpc) is 3.05. The summed E-state index contributed by atoms with van der Waals surface area (Å²) in [6.45, 7) is 0.110. The van der Waals surface area contributed by atoms with Gasteiger partial charge in [-0.2, -0.15) is 0 Å². The zero-order chi connectivity index (χ0) is 19.7. The molecule has 27 heavy (non-hydrogen) atoms. The summed E-state index contributed by atoms with van der Waals surface area (Å²) in [6, 6.07) is 11.9. The third-order valence-corrected chi connectivity index (χ3v) is 6.31. The van der Waals surface area contributed by atoms with Gasteiger partial charge >= 0.3 is 0 Å². The first kappa shape index (κ1) is 19.3. The Kier molecular flexibility index (Phi) is 5.23. The van der Waals surface area contributed by atoms with E-state index in [0.29, 0.717) is 12.8 Å². The molecule has 1 aliphatic rings. The minimum absolute atomic E-state index is 0.00935. The van der Waals surface area contributed by atoms with Crippen LogP contribution in [-0.4, -0.2) is 40.7 Å². The van der Waals surface area contributed by atoms with E-state index >= 15 is 0 Å². The lowest BCUT2D eigenvalue weighted by molar-refractivity contribution is 0.00378. The zero-order valence-electron chi connectivity index (χ0n) is 15.2. The van der Waals surface area contributed by atoms with Crippen LogP contribution in [0.3, 0.4) is 0 Å². The number of rotatable bonds is 7. The second-order valence-corrected chi connectivity index (χ2v) is 8.33.